The first-order valence-corrected chi connectivity index (χ1v) is 2.23. The number of aliphatic imine (C=N–C) groups is 1. The van der Waals surface area contributed by atoms with Crippen molar-refractivity contribution >= 4 is 6.40 Å². The fraction of sp³-hybridized carbons (Fsp3) is 0.400. The van der Waals surface area contributed by atoms with Crippen LogP contribution in [0.1, 0.15) is 6.92 Å². The topological polar surface area (TPSA) is 21.6 Å². The third kappa shape index (κ3) is 1.03. The molecule has 0 saturated carbocycles. The van der Waals surface area contributed by atoms with Crippen molar-refractivity contribution in [2.24, 2.45) is 4.99 Å². The first kappa shape index (κ1) is 4.37. The van der Waals surface area contributed by atoms with Crippen molar-refractivity contribution < 1.29 is 4.74 Å². The Bertz CT molecular complexity index is 94.6. The van der Waals surface area contributed by atoms with Crippen LogP contribution in [0.5, 0.6) is 0 Å². The molecule has 0 bridgehead atoms. The fourth-order valence-corrected chi connectivity index (χ4v) is 0.375. The Balaban J connectivity index is 2.49. The van der Waals surface area contributed by atoms with Gasteiger partial charge in [-0.25, -0.2) is 0 Å². The van der Waals surface area contributed by atoms with E-state index in [1.807, 2.05) is 13.0 Å². The van der Waals surface area contributed by atoms with Crippen molar-refractivity contribution in [1.82, 2.24) is 0 Å². The van der Waals surface area contributed by atoms with Gasteiger partial charge in [-0.3, -0.25) is 4.99 Å². The smallest absolute Gasteiger partial charge is 0.176 e. The minimum Gasteiger partial charge on any atom is -0.454 e. The van der Waals surface area contributed by atoms with E-state index in [4.69, 9.17) is 0 Å². The summed E-state index contributed by atoms with van der Waals surface area (Å²) >= 11 is 0. The van der Waals surface area contributed by atoms with Gasteiger partial charge in [0, 0.05) is 0 Å². The molecule has 1 rings (SSSR count). The van der Waals surface area contributed by atoms with Gasteiger partial charge in [0.1, 0.15) is 0 Å². The summed E-state index contributed by atoms with van der Waals surface area (Å²) in [5.41, 5.74) is 0. The van der Waals surface area contributed by atoms with E-state index in [0.29, 0.717) is 6.04 Å². The maximum absolute atomic E-state index is 4.67. The van der Waals surface area contributed by atoms with Gasteiger partial charge in [-0.15, -0.1) is 0 Å². The average Bonchev–Trinajstić information content (AvgIpc) is 1.69. The molecule has 0 aromatic rings. The van der Waals surface area contributed by atoms with Crippen LogP contribution in [0.15, 0.2) is 17.3 Å². The van der Waals surface area contributed by atoms with Crippen LogP contribution < -0.4 is 0 Å². The lowest BCUT2D eigenvalue weighted by Gasteiger charge is -2.01. The standard InChI is InChI=1S/C5H7NO/c1-5-2-3-7-4-6-5/h2-5H,1H3. The van der Waals surface area contributed by atoms with Crippen LogP contribution in [0.4, 0.5) is 0 Å². The normalized spacial score (nSPS) is 27.3. The summed E-state index contributed by atoms with van der Waals surface area (Å²) in [6.45, 7) is 2.00. The molecule has 1 unspecified atom stereocenters. The van der Waals surface area contributed by atoms with E-state index < -0.39 is 0 Å². The van der Waals surface area contributed by atoms with Crippen molar-refractivity contribution in [3.63, 3.8) is 0 Å². The maximum atomic E-state index is 4.67. The van der Waals surface area contributed by atoms with Crippen molar-refractivity contribution in [1.29, 1.82) is 0 Å². The molecule has 0 N–H and O–H groups in total. The Kier molecular flexibility index (Phi) is 1.11. The molecule has 0 aromatic heterocycles. The molecule has 1 aliphatic heterocycles. The molecule has 7 heavy (non-hydrogen) atoms. The molecule has 2 nitrogen and oxygen atoms in total. The predicted molar refractivity (Wildman–Crippen MR) is 28.2 cm³/mol. The second kappa shape index (κ2) is 1.78. The highest BCUT2D eigenvalue weighted by Crippen LogP contribution is 1.94. The van der Waals surface area contributed by atoms with E-state index >= 15 is 0 Å². The van der Waals surface area contributed by atoms with Crippen LogP contribution in [-0.4, -0.2) is 12.4 Å². The van der Waals surface area contributed by atoms with Crippen LogP contribution in [0.3, 0.4) is 0 Å². The number of rotatable bonds is 0. The highest BCUT2D eigenvalue weighted by atomic mass is 16.5. The van der Waals surface area contributed by atoms with Gasteiger partial charge in [-0.2, -0.15) is 0 Å². The van der Waals surface area contributed by atoms with E-state index in [0.717, 1.165) is 0 Å². The van der Waals surface area contributed by atoms with E-state index in [2.05, 4.69) is 9.73 Å². The first-order valence-electron chi connectivity index (χ1n) is 2.23. The molecule has 0 radical (unpaired) electrons. The molecule has 0 spiro atoms. The average molecular weight is 97.1 g/mol. The van der Waals surface area contributed by atoms with Crippen molar-refractivity contribution in [3.05, 3.63) is 12.3 Å². The second-order valence-electron chi connectivity index (χ2n) is 1.46. The zero-order valence-corrected chi connectivity index (χ0v) is 4.16. The minimum absolute atomic E-state index is 0.300. The minimum atomic E-state index is 0.300. The Hall–Kier alpha value is -0.790. The quantitative estimate of drug-likeness (QED) is 0.441. The molecule has 38 valence electrons. The number of hydrogen-bond donors (Lipinski definition) is 0. The molecule has 2 heteroatoms. The van der Waals surface area contributed by atoms with Gasteiger partial charge in [-0.1, -0.05) is 0 Å². The summed E-state index contributed by atoms with van der Waals surface area (Å²) in [4.78, 5) is 3.90. The Morgan fingerprint density at radius 2 is 2.57 bits per heavy atom. The second-order valence-corrected chi connectivity index (χ2v) is 1.46. The van der Waals surface area contributed by atoms with E-state index in [9.17, 15) is 0 Å². The Morgan fingerprint density at radius 3 is 2.86 bits per heavy atom. The monoisotopic (exact) mass is 97.1 g/mol. The van der Waals surface area contributed by atoms with Gasteiger partial charge in [-0.05, 0) is 13.0 Å². The largest absolute Gasteiger partial charge is 0.454 e. The van der Waals surface area contributed by atoms with Crippen LogP contribution >= 0.6 is 0 Å². The summed E-state index contributed by atoms with van der Waals surface area (Å²) in [5.74, 6) is 0. The molecular weight excluding hydrogens is 90.1 g/mol. The molecule has 1 aliphatic rings. The summed E-state index contributed by atoms with van der Waals surface area (Å²) < 4.78 is 4.67. The molecular formula is C5H7NO. The van der Waals surface area contributed by atoms with Crippen molar-refractivity contribution in [3.8, 4) is 0 Å². The molecule has 1 atom stereocenters. The summed E-state index contributed by atoms with van der Waals surface area (Å²) in [6.07, 6.45) is 4.97. The maximum Gasteiger partial charge on any atom is 0.176 e. The van der Waals surface area contributed by atoms with Crippen LogP contribution in [0.2, 0.25) is 0 Å². The van der Waals surface area contributed by atoms with Gasteiger partial charge < -0.3 is 4.74 Å². The van der Waals surface area contributed by atoms with E-state index in [1.54, 1.807) is 6.26 Å². The first-order chi connectivity index (χ1) is 3.39. The lowest BCUT2D eigenvalue weighted by molar-refractivity contribution is 0.473. The van der Waals surface area contributed by atoms with Crippen LogP contribution in [0.25, 0.3) is 0 Å². The fourth-order valence-electron chi connectivity index (χ4n) is 0.375. The highest BCUT2D eigenvalue weighted by molar-refractivity contribution is 5.49. The van der Waals surface area contributed by atoms with E-state index in [1.165, 1.54) is 6.40 Å². The van der Waals surface area contributed by atoms with Gasteiger partial charge in [0.05, 0.1) is 12.3 Å². The zero-order chi connectivity index (χ0) is 5.11. The molecule has 0 saturated heterocycles. The molecule has 1 heterocycles. The summed E-state index contributed by atoms with van der Waals surface area (Å²) in [5, 5.41) is 0. The van der Waals surface area contributed by atoms with Crippen molar-refractivity contribution in [2.75, 3.05) is 0 Å². The zero-order valence-electron chi connectivity index (χ0n) is 4.16. The number of nitrogens with zero attached hydrogens (tertiary/aromatic N) is 1. The van der Waals surface area contributed by atoms with Gasteiger partial charge in [0.2, 0.25) is 0 Å². The lowest BCUT2D eigenvalue weighted by Crippen LogP contribution is -1.97. The molecule has 0 aliphatic carbocycles. The summed E-state index contributed by atoms with van der Waals surface area (Å²) in [6, 6.07) is 0.300. The predicted octanol–water partition coefficient (Wildman–Crippen LogP) is 0.947. The van der Waals surface area contributed by atoms with Gasteiger partial charge in [0.15, 0.2) is 6.40 Å². The SMILES string of the molecule is CC1C=COC=N1. The number of ether oxygens (including phenoxy) is 1. The highest BCUT2D eigenvalue weighted by Gasteiger charge is 1.91. The number of hydrogen-bond acceptors (Lipinski definition) is 2. The van der Waals surface area contributed by atoms with Crippen LogP contribution in [-0.2, 0) is 4.74 Å². The third-order valence-electron chi connectivity index (χ3n) is 0.793. The lowest BCUT2D eigenvalue weighted by atomic mass is 10.3. The molecule has 0 fully saturated rings. The molecule has 0 amide bonds. The molecule has 0 aromatic carbocycles. The van der Waals surface area contributed by atoms with Gasteiger partial charge in [0.25, 0.3) is 0 Å². The Labute approximate surface area is 42.5 Å². The summed E-state index contributed by atoms with van der Waals surface area (Å²) in [7, 11) is 0. The third-order valence-corrected chi connectivity index (χ3v) is 0.793. The van der Waals surface area contributed by atoms with Gasteiger partial charge >= 0.3 is 0 Å². The Morgan fingerprint density at radius 1 is 1.71 bits per heavy atom. The van der Waals surface area contributed by atoms with E-state index in [-0.39, 0.29) is 0 Å². The van der Waals surface area contributed by atoms with Crippen molar-refractivity contribution in [2.45, 2.75) is 13.0 Å². The van der Waals surface area contributed by atoms with Crippen LogP contribution in [0, 0.1) is 0 Å².